The zero-order valence-electron chi connectivity index (χ0n) is 18.3. The Kier molecular flexibility index (Phi) is 6.43. The van der Waals surface area contributed by atoms with Crippen molar-refractivity contribution in [2.24, 2.45) is 11.3 Å². The fourth-order valence-corrected chi connectivity index (χ4v) is 7.56. The van der Waals surface area contributed by atoms with Gasteiger partial charge in [-0.3, -0.25) is 9.52 Å². The average molecular weight is 566 g/mol. The van der Waals surface area contributed by atoms with Crippen LogP contribution < -0.4 is 14.8 Å². The number of nitrogens with one attached hydrogen (secondary N) is 2. The molecule has 2 bridgehead atoms. The number of anilines is 1. The van der Waals surface area contributed by atoms with Gasteiger partial charge in [-0.1, -0.05) is 0 Å². The quantitative estimate of drug-likeness (QED) is 0.511. The molecule has 0 radical (unpaired) electrons. The molecule has 3 saturated carbocycles. The third-order valence-electron chi connectivity index (χ3n) is 6.75. The third kappa shape index (κ3) is 5.37. The zero-order valence-corrected chi connectivity index (χ0v) is 20.0. The predicted octanol–water partition coefficient (Wildman–Crippen LogP) is 2.43. The van der Waals surface area contributed by atoms with E-state index in [1.807, 2.05) is 4.72 Å². The van der Waals surface area contributed by atoms with E-state index < -0.39 is 97.5 Å². The van der Waals surface area contributed by atoms with Gasteiger partial charge in [0.05, 0.1) is 28.2 Å². The number of alkyl halides is 6. The number of hydrogen-bond acceptors (Lipinski definition) is 6. The summed E-state index contributed by atoms with van der Waals surface area (Å²) >= 11 is 0. The standard InChI is InChI=1S/C19H21F6N3O6S2/c20-18(21,22)17-8-11(9-17)15(10-17)26-16(29)13-2-1-12(34-19(23,24)25)7-14(13)27-36(32,33)28-3-5-35(30,31)6-4-28/h1-2,7,11,15,27H,3-6,8-10H2,(H,26,29)/t11?,15-,17?/m1/s1. The Hall–Kier alpha value is -2.27. The van der Waals surface area contributed by atoms with Gasteiger partial charge in [-0.2, -0.15) is 25.9 Å². The Morgan fingerprint density at radius 1 is 1.06 bits per heavy atom. The van der Waals surface area contributed by atoms with Crippen LogP contribution in [0.4, 0.5) is 32.0 Å². The maximum atomic E-state index is 13.3. The molecule has 1 aliphatic heterocycles. The van der Waals surface area contributed by atoms with E-state index >= 15 is 0 Å². The summed E-state index contributed by atoms with van der Waals surface area (Å²) in [6.07, 6.45) is -10.2. The summed E-state index contributed by atoms with van der Waals surface area (Å²) in [4.78, 5) is 12.9. The van der Waals surface area contributed by atoms with Crippen LogP contribution in [0.1, 0.15) is 29.6 Å². The molecule has 5 rings (SSSR count). The van der Waals surface area contributed by atoms with Crippen LogP contribution in [0.3, 0.4) is 0 Å². The molecule has 1 amide bonds. The molecule has 36 heavy (non-hydrogen) atoms. The molecule has 1 aromatic rings. The highest BCUT2D eigenvalue weighted by Crippen LogP contribution is 2.66. The van der Waals surface area contributed by atoms with Gasteiger partial charge in [0.15, 0.2) is 9.84 Å². The van der Waals surface area contributed by atoms with Gasteiger partial charge < -0.3 is 10.1 Å². The molecule has 0 unspecified atom stereocenters. The minimum absolute atomic E-state index is 0.156. The molecular formula is C19H21F6N3O6S2. The highest BCUT2D eigenvalue weighted by molar-refractivity contribution is 7.92. The molecule has 202 valence electrons. The number of hydrogen-bond donors (Lipinski definition) is 2. The Labute approximate surface area is 202 Å². The molecule has 4 aliphatic rings. The molecule has 17 heteroatoms. The summed E-state index contributed by atoms with van der Waals surface area (Å²) in [7, 11) is -7.96. The summed E-state index contributed by atoms with van der Waals surface area (Å²) in [6.45, 7) is -0.831. The maximum Gasteiger partial charge on any atom is 0.573 e. The third-order valence-corrected chi connectivity index (χ3v) is 9.89. The van der Waals surface area contributed by atoms with Gasteiger partial charge in [-0.05, 0) is 37.3 Å². The normalized spacial score (nSPS) is 28.3. The van der Waals surface area contributed by atoms with Gasteiger partial charge in [-0.15, -0.1) is 13.2 Å². The molecule has 1 aromatic carbocycles. The van der Waals surface area contributed by atoms with E-state index in [1.54, 1.807) is 0 Å². The van der Waals surface area contributed by atoms with Crippen molar-refractivity contribution in [1.82, 2.24) is 9.62 Å². The van der Waals surface area contributed by atoms with E-state index in [2.05, 4.69) is 10.1 Å². The van der Waals surface area contributed by atoms with Crippen molar-refractivity contribution in [1.29, 1.82) is 0 Å². The van der Waals surface area contributed by atoms with Crippen LogP contribution in [0.2, 0.25) is 0 Å². The number of fused-ring (bicyclic) bond motifs is 1. The van der Waals surface area contributed by atoms with E-state index in [0.29, 0.717) is 6.07 Å². The maximum absolute atomic E-state index is 13.3. The second-order valence-corrected chi connectivity index (χ2v) is 13.1. The number of halogens is 6. The van der Waals surface area contributed by atoms with Gasteiger partial charge in [-0.25, -0.2) is 8.42 Å². The number of carbonyl (C=O) groups is 1. The van der Waals surface area contributed by atoms with E-state index in [1.165, 1.54) is 0 Å². The molecule has 2 N–H and O–H groups in total. The minimum Gasteiger partial charge on any atom is -0.406 e. The van der Waals surface area contributed by atoms with Gasteiger partial charge >= 0.3 is 22.7 Å². The molecular weight excluding hydrogens is 544 g/mol. The lowest BCUT2D eigenvalue weighted by atomic mass is 9.69. The molecule has 0 aromatic heterocycles. The fourth-order valence-electron chi connectivity index (χ4n) is 4.89. The van der Waals surface area contributed by atoms with Crippen LogP contribution in [0, 0.1) is 11.3 Å². The van der Waals surface area contributed by atoms with Crippen molar-refractivity contribution in [3.05, 3.63) is 23.8 Å². The topological polar surface area (TPSA) is 122 Å². The molecule has 1 heterocycles. The van der Waals surface area contributed by atoms with Crippen LogP contribution in [0.25, 0.3) is 0 Å². The van der Waals surface area contributed by atoms with Gasteiger partial charge in [0.2, 0.25) is 0 Å². The Morgan fingerprint density at radius 3 is 2.19 bits per heavy atom. The number of sulfone groups is 1. The number of ether oxygens (including phenoxy) is 1. The molecule has 9 nitrogen and oxygen atoms in total. The molecule has 0 spiro atoms. The average Bonchev–Trinajstić information content (AvgIpc) is 3.21. The lowest BCUT2D eigenvalue weighted by Gasteiger charge is -2.39. The largest absolute Gasteiger partial charge is 0.573 e. The van der Waals surface area contributed by atoms with Crippen molar-refractivity contribution >= 4 is 31.6 Å². The second-order valence-electron chi connectivity index (χ2n) is 9.14. The van der Waals surface area contributed by atoms with Crippen LogP contribution in [-0.4, -0.2) is 70.2 Å². The van der Waals surface area contributed by atoms with Gasteiger partial charge in [0.1, 0.15) is 5.75 Å². The van der Waals surface area contributed by atoms with Crippen molar-refractivity contribution in [2.45, 2.75) is 37.8 Å². The first kappa shape index (κ1) is 26.8. The van der Waals surface area contributed by atoms with Crippen molar-refractivity contribution in [3.8, 4) is 5.75 Å². The van der Waals surface area contributed by atoms with E-state index in [-0.39, 0.29) is 19.3 Å². The molecule has 3 aliphatic carbocycles. The molecule has 1 atom stereocenters. The first-order valence-corrected chi connectivity index (χ1v) is 13.9. The summed E-state index contributed by atoms with van der Waals surface area (Å²) in [5.41, 5.74) is -2.94. The SMILES string of the molecule is O=C(N[C@@H]1CC2(C(F)(F)F)CC1C2)c1ccc(OC(F)(F)F)cc1NS(=O)(=O)N1CCS(=O)(=O)CC1. The molecule has 1 saturated heterocycles. The number of carbonyl (C=O) groups excluding carboxylic acids is 1. The lowest BCUT2D eigenvalue weighted by molar-refractivity contribution is -0.274. The van der Waals surface area contributed by atoms with E-state index in [0.717, 1.165) is 16.4 Å². The monoisotopic (exact) mass is 565 g/mol. The van der Waals surface area contributed by atoms with E-state index in [9.17, 15) is 48.0 Å². The first-order valence-electron chi connectivity index (χ1n) is 10.7. The van der Waals surface area contributed by atoms with E-state index in [4.69, 9.17) is 0 Å². The number of amides is 1. The zero-order chi connectivity index (χ0) is 26.7. The smallest absolute Gasteiger partial charge is 0.406 e. The van der Waals surface area contributed by atoms with Crippen molar-refractivity contribution < 1.29 is 52.7 Å². The second kappa shape index (κ2) is 8.65. The van der Waals surface area contributed by atoms with Crippen LogP contribution in [-0.2, 0) is 20.0 Å². The first-order chi connectivity index (χ1) is 16.4. The number of benzene rings is 1. The highest BCUT2D eigenvalue weighted by atomic mass is 32.2. The number of rotatable bonds is 6. The van der Waals surface area contributed by atoms with Gasteiger partial charge in [0, 0.05) is 25.2 Å². The van der Waals surface area contributed by atoms with Crippen LogP contribution in [0.15, 0.2) is 18.2 Å². The van der Waals surface area contributed by atoms with Crippen molar-refractivity contribution in [3.63, 3.8) is 0 Å². The Bertz CT molecular complexity index is 1250. The summed E-state index contributed by atoms with van der Waals surface area (Å²) in [6, 6.07) is 1.39. The van der Waals surface area contributed by atoms with Gasteiger partial charge in [0.25, 0.3) is 5.91 Å². The van der Waals surface area contributed by atoms with Crippen LogP contribution in [0.5, 0.6) is 5.75 Å². The predicted molar refractivity (Wildman–Crippen MR) is 113 cm³/mol. The Balaban J connectivity index is 1.57. The number of nitrogens with zero attached hydrogens (tertiary/aromatic N) is 1. The summed E-state index contributed by atoms with van der Waals surface area (Å²) in [5, 5.41) is 2.44. The molecule has 4 fully saturated rings. The Morgan fingerprint density at radius 2 is 1.67 bits per heavy atom. The van der Waals surface area contributed by atoms with Crippen LogP contribution >= 0.6 is 0 Å². The summed E-state index contributed by atoms with van der Waals surface area (Å²) in [5.74, 6) is -3.20. The lowest BCUT2D eigenvalue weighted by Crippen LogP contribution is -2.46. The minimum atomic E-state index is -5.13. The highest BCUT2D eigenvalue weighted by Gasteiger charge is 2.69. The summed E-state index contributed by atoms with van der Waals surface area (Å²) < 4.78 is 133. The fraction of sp³-hybridized carbons (Fsp3) is 0.632. The van der Waals surface area contributed by atoms with Crippen molar-refractivity contribution in [2.75, 3.05) is 29.3 Å².